The summed E-state index contributed by atoms with van der Waals surface area (Å²) in [6.07, 6.45) is 0.117. The molecule has 0 fully saturated rings. The first-order valence-electron chi connectivity index (χ1n) is 10.2. The maximum Gasteiger partial charge on any atom is 0.374 e. The first-order chi connectivity index (χ1) is 15.5. The van der Waals surface area contributed by atoms with Crippen LogP contribution in [0.4, 0.5) is 0 Å². The van der Waals surface area contributed by atoms with E-state index < -0.39 is 11.9 Å². The minimum Gasteiger partial charge on any atom is -0.461 e. The van der Waals surface area contributed by atoms with Gasteiger partial charge in [-0.1, -0.05) is 24.3 Å². The van der Waals surface area contributed by atoms with Crippen LogP contribution >= 0.6 is 11.3 Å². The lowest BCUT2D eigenvalue weighted by Gasteiger charge is -2.07. The largest absolute Gasteiger partial charge is 0.461 e. The molecule has 2 aromatic heterocycles. The predicted molar refractivity (Wildman–Crippen MR) is 117 cm³/mol. The van der Waals surface area contributed by atoms with Crippen molar-refractivity contribution in [3.8, 4) is 0 Å². The molecule has 168 valence electrons. The van der Waals surface area contributed by atoms with Gasteiger partial charge in [-0.2, -0.15) is 0 Å². The number of ketones is 1. The first-order valence-corrected chi connectivity index (χ1v) is 11.0. The van der Waals surface area contributed by atoms with Gasteiger partial charge in [0.05, 0.1) is 23.5 Å². The average molecular weight is 458 g/mol. The van der Waals surface area contributed by atoms with E-state index in [2.05, 4.69) is 5.32 Å². The fourth-order valence-corrected chi connectivity index (χ4v) is 3.70. The number of benzene rings is 1. The van der Waals surface area contributed by atoms with E-state index in [1.807, 2.05) is 0 Å². The van der Waals surface area contributed by atoms with Gasteiger partial charge in [0.2, 0.25) is 11.7 Å². The Bertz CT molecular complexity index is 1100. The Morgan fingerprint density at radius 2 is 1.81 bits per heavy atom. The van der Waals surface area contributed by atoms with Gasteiger partial charge < -0.3 is 19.2 Å². The molecule has 8 nitrogen and oxygen atoms in total. The fourth-order valence-electron chi connectivity index (χ4n) is 3.01. The van der Waals surface area contributed by atoms with Crippen molar-refractivity contribution in [2.75, 3.05) is 13.2 Å². The number of hydrogen-bond donors (Lipinski definition) is 1. The van der Waals surface area contributed by atoms with Gasteiger partial charge in [-0.15, -0.1) is 11.3 Å². The summed E-state index contributed by atoms with van der Waals surface area (Å²) in [4.78, 5) is 48.7. The van der Waals surface area contributed by atoms with Crippen molar-refractivity contribution in [1.29, 1.82) is 0 Å². The minimum atomic E-state index is -0.626. The molecule has 0 aliphatic carbocycles. The van der Waals surface area contributed by atoms with E-state index in [9.17, 15) is 19.2 Å². The highest BCUT2D eigenvalue weighted by Crippen LogP contribution is 2.27. The van der Waals surface area contributed by atoms with Crippen LogP contribution in [-0.4, -0.2) is 36.8 Å². The summed E-state index contributed by atoms with van der Waals surface area (Å²) in [7, 11) is 0. The minimum absolute atomic E-state index is 0.00422. The molecular formula is C23H23NO7S. The zero-order valence-electron chi connectivity index (χ0n) is 17.6. The summed E-state index contributed by atoms with van der Waals surface area (Å²) in [6.45, 7) is 1.80. The summed E-state index contributed by atoms with van der Waals surface area (Å²) in [6, 6.07) is 10.5. The van der Waals surface area contributed by atoms with Gasteiger partial charge in [-0.25, -0.2) is 4.79 Å². The monoisotopic (exact) mass is 457 g/mol. The summed E-state index contributed by atoms with van der Waals surface area (Å²) in [5, 5.41) is 5.07. The molecule has 0 bridgehead atoms. The molecule has 0 spiro atoms. The van der Waals surface area contributed by atoms with Crippen LogP contribution in [0.15, 0.2) is 46.2 Å². The second-order valence-corrected chi connectivity index (χ2v) is 7.74. The van der Waals surface area contributed by atoms with E-state index in [4.69, 9.17) is 13.9 Å². The third-order valence-electron chi connectivity index (χ3n) is 4.56. The van der Waals surface area contributed by atoms with E-state index in [1.54, 1.807) is 48.7 Å². The van der Waals surface area contributed by atoms with Crippen molar-refractivity contribution in [2.45, 2.75) is 32.8 Å². The molecule has 0 saturated heterocycles. The van der Waals surface area contributed by atoms with Gasteiger partial charge >= 0.3 is 11.9 Å². The number of para-hydroxylation sites is 1. The van der Waals surface area contributed by atoms with Crippen molar-refractivity contribution in [3.05, 3.63) is 58.0 Å². The normalized spacial score (nSPS) is 10.7. The third-order valence-corrected chi connectivity index (χ3v) is 5.47. The lowest BCUT2D eigenvalue weighted by molar-refractivity contribution is -0.144. The lowest BCUT2D eigenvalue weighted by atomic mass is 10.1. The summed E-state index contributed by atoms with van der Waals surface area (Å²) < 4.78 is 15.9. The van der Waals surface area contributed by atoms with Crippen LogP contribution in [0.5, 0.6) is 0 Å². The molecule has 32 heavy (non-hydrogen) atoms. The number of furan rings is 1. The van der Waals surface area contributed by atoms with Crippen LogP contribution in [0, 0.1) is 0 Å². The van der Waals surface area contributed by atoms with Crippen LogP contribution in [0.25, 0.3) is 11.0 Å². The van der Waals surface area contributed by atoms with Gasteiger partial charge in [0, 0.05) is 24.8 Å². The van der Waals surface area contributed by atoms with Crippen molar-refractivity contribution in [2.24, 2.45) is 0 Å². The molecular weight excluding hydrogens is 434 g/mol. The molecule has 0 aliphatic heterocycles. The second-order valence-electron chi connectivity index (χ2n) is 6.79. The number of nitrogens with one attached hydrogen (secondary N) is 1. The summed E-state index contributed by atoms with van der Waals surface area (Å²) >= 11 is 1.34. The molecule has 1 aromatic carbocycles. The highest BCUT2D eigenvalue weighted by atomic mass is 32.1. The summed E-state index contributed by atoms with van der Waals surface area (Å²) in [5.41, 5.74) is 0.925. The number of carbonyl (C=O) groups is 4. The van der Waals surface area contributed by atoms with Gasteiger partial charge in [-0.3, -0.25) is 14.4 Å². The van der Waals surface area contributed by atoms with Gasteiger partial charge in [0.15, 0.2) is 5.78 Å². The number of Topliss-reactive ketones (excluding diaryl/α,β-unsaturated/α-hetero) is 1. The number of thiophene rings is 1. The van der Waals surface area contributed by atoms with Gasteiger partial charge in [0.1, 0.15) is 12.2 Å². The van der Waals surface area contributed by atoms with Crippen molar-refractivity contribution < 1.29 is 33.1 Å². The highest BCUT2D eigenvalue weighted by molar-refractivity contribution is 7.12. The van der Waals surface area contributed by atoms with Gasteiger partial charge in [-0.05, 0) is 24.4 Å². The second kappa shape index (κ2) is 11.2. The van der Waals surface area contributed by atoms with Crippen LogP contribution in [0.1, 0.15) is 52.0 Å². The molecule has 9 heteroatoms. The van der Waals surface area contributed by atoms with Crippen molar-refractivity contribution in [1.82, 2.24) is 5.32 Å². The van der Waals surface area contributed by atoms with E-state index in [-0.39, 0.29) is 56.5 Å². The first kappa shape index (κ1) is 23.2. The molecule has 1 amide bonds. The van der Waals surface area contributed by atoms with E-state index >= 15 is 0 Å². The van der Waals surface area contributed by atoms with Gasteiger partial charge in [0.25, 0.3) is 0 Å². The Labute approximate surface area is 188 Å². The number of fused-ring (bicyclic) bond motifs is 1. The zero-order chi connectivity index (χ0) is 22.9. The molecule has 3 rings (SSSR count). The quantitative estimate of drug-likeness (QED) is 0.343. The smallest absolute Gasteiger partial charge is 0.374 e. The molecule has 1 N–H and O–H groups in total. The molecule has 0 radical (unpaired) electrons. The maximum atomic E-state index is 12.2. The lowest BCUT2D eigenvalue weighted by Crippen LogP contribution is -2.26. The Balaban J connectivity index is 1.46. The Morgan fingerprint density at radius 3 is 2.56 bits per heavy atom. The summed E-state index contributed by atoms with van der Waals surface area (Å²) in [5.74, 6) is -1.56. The number of hydrogen-bond acceptors (Lipinski definition) is 8. The van der Waals surface area contributed by atoms with E-state index in [0.717, 1.165) is 0 Å². The zero-order valence-corrected chi connectivity index (χ0v) is 18.4. The standard InChI is InChI=1S/C23H23NO7S/c1-2-29-23(28)22-16(15-6-3-4-7-18(15)31-22)14-30-21(27)11-12-24-20(26)10-9-17(25)19-8-5-13-32-19/h3-8,13H,2,9-12,14H2,1H3,(H,24,26). The third kappa shape index (κ3) is 6.04. The number of carbonyl (C=O) groups excluding carboxylic acids is 4. The predicted octanol–water partition coefficient (Wildman–Crippen LogP) is 3.88. The maximum absolute atomic E-state index is 12.2. The van der Waals surface area contributed by atoms with E-state index in [1.165, 1.54) is 11.3 Å². The number of amides is 1. The fraction of sp³-hybridized carbons (Fsp3) is 0.304. The molecule has 3 aromatic rings. The van der Waals surface area contributed by atoms with E-state index in [0.29, 0.717) is 21.4 Å². The highest BCUT2D eigenvalue weighted by Gasteiger charge is 2.22. The molecule has 0 aliphatic rings. The Hall–Kier alpha value is -3.46. The number of esters is 2. The molecule has 2 heterocycles. The van der Waals surface area contributed by atoms with Crippen LogP contribution in [0.2, 0.25) is 0 Å². The van der Waals surface area contributed by atoms with Crippen LogP contribution in [-0.2, 0) is 25.7 Å². The average Bonchev–Trinajstić information content (AvgIpc) is 3.44. The van der Waals surface area contributed by atoms with Crippen molar-refractivity contribution in [3.63, 3.8) is 0 Å². The molecule has 0 saturated carbocycles. The SMILES string of the molecule is CCOC(=O)c1oc2ccccc2c1COC(=O)CCNC(=O)CCC(=O)c1cccs1. The van der Waals surface area contributed by atoms with Crippen LogP contribution in [0.3, 0.4) is 0 Å². The Morgan fingerprint density at radius 1 is 1.00 bits per heavy atom. The van der Waals surface area contributed by atoms with Crippen molar-refractivity contribution >= 4 is 45.9 Å². The van der Waals surface area contributed by atoms with Crippen LogP contribution < -0.4 is 5.32 Å². The molecule has 0 atom stereocenters. The topological polar surface area (TPSA) is 112 Å². The molecule has 0 unspecified atom stereocenters. The Kier molecular flexibility index (Phi) is 8.15. The number of ether oxygens (including phenoxy) is 2. The number of rotatable bonds is 11.